The summed E-state index contributed by atoms with van der Waals surface area (Å²) in [7, 11) is 1.60. The number of methoxy groups -OCH3 is 1. The van der Waals surface area contributed by atoms with Crippen LogP contribution in [0.25, 0.3) is 16.7 Å². The summed E-state index contributed by atoms with van der Waals surface area (Å²) in [4.78, 5) is 16.5. The summed E-state index contributed by atoms with van der Waals surface area (Å²) >= 11 is 0. The van der Waals surface area contributed by atoms with Crippen molar-refractivity contribution >= 4 is 28.3 Å². The van der Waals surface area contributed by atoms with E-state index in [0.29, 0.717) is 22.6 Å². The minimum atomic E-state index is -0.563. The van der Waals surface area contributed by atoms with E-state index in [4.69, 9.17) is 10.5 Å². The molecule has 0 aliphatic rings. The van der Waals surface area contributed by atoms with Crippen LogP contribution in [0.1, 0.15) is 16.1 Å². The zero-order valence-electron chi connectivity index (χ0n) is 15.5. The lowest BCUT2D eigenvalue weighted by Crippen LogP contribution is -2.14. The molecule has 0 aliphatic heterocycles. The number of pyridine rings is 1. The van der Waals surface area contributed by atoms with Gasteiger partial charge in [-0.05, 0) is 31.2 Å². The molecule has 2 aromatic heterocycles. The van der Waals surface area contributed by atoms with Crippen LogP contribution in [0.15, 0.2) is 60.8 Å². The van der Waals surface area contributed by atoms with E-state index >= 15 is 0 Å². The highest BCUT2D eigenvalue weighted by atomic mass is 16.5. The number of ether oxygens (including phenoxy) is 1. The predicted molar refractivity (Wildman–Crippen MR) is 108 cm³/mol. The lowest BCUT2D eigenvalue weighted by Gasteiger charge is -2.13. The number of hydrogen-bond acceptors (Lipinski definition) is 5. The Morgan fingerprint density at radius 2 is 1.93 bits per heavy atom. The number of hydrogen-bond donors (Lipinski definition) is 2. The molecule has 7 nitrogen and oxygen atoms in total. The standard InChI is InChI=1S/C21H19N5O2/c1-13-18-19(24-14-7-6-10-16(11-14)28-2)17(20(22)27)12-23-21(18)26(25-13)15-8-4-3-5-9-15/h3-12H,1-2H3,(H2,22,27)(H,23,24). The number of carbonyl (C=O) groups excluding carboxylic acids is 1. The summed E-state index contributed by atoms with van der Waals surface area (Å²) in [5.74, 6) is 0.138. The SMILES string of the molecule is COc1cccc(Nc2c(C(N)=O)cnc3c2c(C)nn3-c2ccccc2)c1. The molecule has 28 heavy (non-hydrogen) atoms. The van der Waals surface area contributed by atoms with Crippen molar-refractivity contribution in [3.05, 3.63) is 72.1 Å². The van der Waals surface area contributed by atoms with Crippen LogP contribution >= 0.6 is 0 Å². The number of nitrogens with two attached hydrogens (primary N) is 1. The molecule has 0 fully saturated rings. The normalized spacial score (nSPS) is 10.8. The molecule has 1 amide bonds. The fraction of sp³-hybridized carbons (Fsp3) is 0.0952. The second-order valence-corrected chi connectivity index (χ2v) is 6.30. The van der Waals surface area contributed by atoms with Crippen molar-refractivity contribution in [1.29, 1.82) is 0 Å². The molecule has 0 aliphatic carbocycles. The maximum atomic E-state index is 12.1. The number of anilines is 2. The molecule has 0 unspecified atom stereocenters. The molecule has 4 rings (SSSR count). The highest BCUT2D eigenvalue weighted by molar-refractivity contribution is 6.07. The largest absolute Gasteiger partial charge is 0.497 e. The lowest BCUT2D eigenvalue weighted by atomic mass is 10.1. The van der Waals surface area contributed by atoms with Gasteiger partial charge in [0.15, 0.2) is 5.65 Å². The third kappa shape index (κ3) is 3.03. The number of para-hydroxylation sites is 1. The molecule has 0 saturated heterocycles. The second-order valence-electron chi connectivity index (χ2n) is 6.30. The van der Waals surface area contributed by atoms with Gasteiger partial charge in [0.1, 0.15) is 5.75 Å². The van der Waals surface area contributed by atoms with Gasteiger partial charge in [-0.2, -0.15) is 5.10 Å². The number of fused-ring (bicyclic) bond motifs is 1. The minimum absolute atomic E-state index is 0.297. The zero-order chi connectivity index (χ0) is 19.7. The molecular weight excluding hydrogens is 354 g/mol. The van der Waals surface area contributed by atoms with Gasteiger partial charge in [-0.15, -0.1) is 0 Å². The number of benzene rings is 2. The number of aromatic nitrogens is 3. The Hall–Kier alpha value is -3.87. The van der Waals surface area contributed by atoms with E-state index in [-0.39, 0.29) is 0 Å². The van der Waals surface area contributed by atoms with Gasteiger partial charge in [0.25, 0.3) is 5.91 Å². The predicted octanol–water partition coefficient (Wildman–Crippen LogP) is 3.58. The number of rotatable bonds is 5. The number of nitrogens with zero attached hydrogens (tertiary/aromatic N) is 3. The molecule has 2 aromatic carbocycles. The first-order valence-electron chi connectivity index (χ1n) is 8.73. The molecule has 140 valence electrons. The van der Waals surface area contributed by atoms with Gasteiger partial charge in [-0.25, -0.2) is 9.67 Å². The quantitative estimate of drug-likeness (QED) is 0.557. The molecular formula is C21H19N5O2. The van der Waals surface area contributed by atoms with Gasteiger partial charge >= 0.3 is 0 Å². The van der Waals surface area contributed by atoms with E-state index in [1.54, 1.807) is 11.8 Å². The summed E-state index contributed by atoms with van der Waals surface area (Å²) < 4.78 is 7.04. The summed E-state index contributed by atoms with van der Waals surface area (Å²) in [5, 5.41) is 8.68. The van der Waals surface area contributed by atoms with Crippen molar-refractivity contribution in [2.75, 3.05) is 12.4 Å². The van der Waals surface area contributed by atoms with Gasteiger partial charge in [-0.1, -0.05) is 24.3 Å². The third-order valence-electron chi connectivity index (χ3n) is 4.48. The first kappa shape index (κ1) is 17.5. The van der Waals surface area contributed by atoms with Crippen LogP contribution in [0.5, 0.6) is 5.75 Å². The Morgan fingerprint density at radius 3 is 2.64 bits per heavy atom. The highest BCUT2D eigenvalue weighted by Gasteiger charge is 2.20. The van der Waals surface area contributed by atoms with Crippen LogP contribution in [0.2, 0.25) is 0 Å². The molecule has 7 heteroatoms. The van der Waals surface area contributed by atoms with Crippen LogP contribution in [0.3, 0.4) is 0 Å². The second kappa shape index (κ2) is 7.03. The average Bonchev–Trinajstić information content (AvgIpc) is 3.06. The summed E-state index contributed by atoms with van der Waals surface area (Å²) in [6.45, 7) is 1.88. The number of carbonyl (C=O) groups is 1. The molecule has 4 aromatic rings. The zero-order valence-corrected chi connectivity index (χ0v) is 15.5. The van der Waals surface area contributed by atoms with Crippen LogP contribution in [-0.2, 0) is 0 Å². The topological polar surface area (TPSA) is 95.1 Å². The van der Waals surface area contributed by atoms with E-state index in [2.05, 4.69) is 15.4 Å². The first-order valence-corrected chi connectivity index (χ1v) is 8.73. The Balaban J connectivity index is 1.93. The Morgan fingerprint density at radius 1 is 1.14 bits per heavy atom. The number of aryl methyl sites for hydroxylation is 1. The molecule has 2 heterocycles. The van der Waals surface area contributed by atoms with Gasteiger partial charge in [-0.3, -0.25) is 4.79 Å². The van der Waals surface area contributed by atoms with Crippen molar-refractivity contribution in [2.24, 2.45) is 5.73 Å². The van der Waals surface area contributed by atoms with E-state index in [1.165, 1.54) is 6.20 Å². The van der Waals surface area contributed by atoms with Gasteiger partial charge in [0, 0.05) is 18.0 Å². The average molecular weight is 373 g/mol. The van der Waals surface area contributed by atoms with Crippen molar-refractivity contribution < 1.29 is 9.53 Å². The molecule has 0 radical (unpaired) electrons. The molecule has 0 bridgehead atoms. The summed E-state index contributed by atoms with van der Waals surface area (Å²) in [6, 6.07) is 17.2. The highest BCUT2D eigenvalue weighted by Crippen LogP contribution is 2.33. The van der Waals surface area contributed by atoms with Crippen molar-refractivity contribution in [1.82, 2.24) is 14.8 Å². The van der Waals surface area contributed by atoms with Crippen molar-refractivity contribution in [3.63, 3.8) is 0 Å². The summed E-state index contributed by atoms with van der Waals surface area (Å²) in [6.07, 6.45) is 1.48. The van der Waals surface area contributed by atoms with Gasteiger partial charge in [0.2, 0.25) is 0 Å². The number of nitrogens with one attached hydrogen (secondary N) is 1. The number of amides is 1. The maximum absolute atomic E-state index is 12.1. The minimum Gasteiger partial charge on any atom is -0.497 e. The van der Waals surface area contributed by atoms with Crippen molar-refractivity contribution in [3.8, 4) is 11.4 Å². The first-order chi connectivity index (χ1) is 13.6. The Bertz CT molecular complexity index is 1170. The number of primary amides is 1. The monoisotopic (exact) mass is 373 g/mol. The van der Waals surface area contributed by atoms with Crippen molar-refractivity contribution in [2.45, 2.75) is 6.92 Å². The Kier molecular flexibility index (Phi) is 4.41. The fourth-order valence-corrected chi connectivity index (χ4v) is 3.16. The van der Waals surface area contributed by atoms with Crippen LogP contribution < -0.4 is 15.8 Å². The Labute approximate surface area is 161 Å². The molecule has 0 saturated carbocycles. The smallest absolute Gasteiger partial charge is 0.252 e. The van der Waals surface area contributed by atoms with Gasteiger partial charge in [0.05, 0.1) is 35.1 Å². The molecule has 0 atom stereocenters. The molecule has 0 spiro atoms. The van der Waals surface area contributed by atoms with Crippen LogP contribution in [-0.4, -0.2) is 27.8 Å². The van der Waals surface area contributed by atoms with E-state index in [0.717, 1.165) is 22.5 Å². The fourth-order valence-electron chi connectivity index (χ4n) is 3.16. The summed E-state index contributed by atoms with van der Waals surface area (Å²) in [5.41, 5.74) is 9.50. The van der Waals surface area contributed by atoms with E-state index in [1.807, 2.05) is 61.5 Å². The van der Waals surface area contributed by atoms with E-state index < -0.39 is 5.91 Å². The van der Waals surface area contributed by atoms with Crippen LogP contribution in [0.4, 0.5) is 11.4 Å². The van der Waals surface area contributed by atoms with Gasteiger partial charge < -0.3 is 15.8 Å². The maximum Gasteiger partial charge on any atom is 0.252 e. The lowest BCUT2D eigenvalue weighted by molar-refractivity contribution is 0.100. The van der Waals surface area contributed by atoms with E-state index in [9.17, 15) is 4.79 Å². The van der Waals surface area contributed by atoms with Crippen LogP contribution in [0, 0.1) is 6.92 Å². The molecule has 3 N–H and O–H groups in total. The third-order valence-corrected chi connectivity index (χ3v) is 4.48.